The molecule has 0 spiro atoms. The van der Waals surface area contributed by atoms with E-state index < -0.39 is 36.3 Å². The first-order valence-corrected chi connectivity index (χ1v) is 26.5. The van der Waals surface area contributed by atoms with E-state index in [2.05, 4.69) is 51.1 Å². The monoisotopic (exact) mass is 996 g/mol. The van der Waals surface area contributed by atoms with Crippen molar-refractivity contribution in [3.8, 4) is 22.5 Å². The first-order chi connectivity index (χ1) is 34.0. The van der Waals surface area contributed by atoms with Crippen LogP contribution in [0, 0.1) is 11.8 Å². The van der Waals surface area contributed by atoms with Crippen LogP contribution in [0.2, 0.25) is 0 Å². The molecule has 2 saturated heterocycles. The summed E-state index contributed by atoms with van der Waals surface area (Å²) in [5.41, 5.74) is 2.98. The highest BCUT2D eigenvalue weighted by Crippen LogP contribution is 2.34. The standard InChI is InChI=1S/2C25H34N6O3S/c2*1-16(26-2)22(32)27-21(18-12-7-4-8-13-18)25(34)31-15-9-14-19(31)23(33)28-24-20(29-30-35-24)17-10-5-3-6-11-17/h2*3,5-6,10-11,16,18-19,21,26H,4,7-9,12-15H2,1-2H3,(H,27,32)(H,28,33)/t2*16-,19-,21-/m00/s1. The predicted molar refractivity (Wildman–Crippen MR) is 271 cm³/mol. The maximum Gasteiger partial charge on any atom is 0.247 e. The van der Waals surface area contributed by atoms with Gasteiger partial charge in [-0.15, -0.1) is 10.2 Å². The number of anilines is 2. The Hall–Kier alpha value is -5.70. The van der Waals surface area contributed by atoms with Gasteiger partial charge in [-0.25, -0.2) is 0 Å². The normalized spacial score (nSPS) is 20.3. The molecule has 2 saturated carbocycles. The van der Waals surface area contributed by atoms with Gasteiger partial charge in [0.15, 0.2) is 0 Å². The fourth-order valence-electron chi connectivity index (χ4n) is 9.99. The summed E-state index contributed by atoms with van der Waals surface area (Å²) in [6.07, 6.45) is 12.8. The Labute approximate surface area is 418 Å². The number of carbonyl (C=O) groups excluding carboxylic acids is 6. The molecule has 8 rings (SSSR count). The third-order valence-corrected chi connectivity index (χ3v) is 15.5. The largest absolute Gasteiger partial charge is 0.343 e. The van der Waals surface area contributed by atoms with Gasteiger partial charge in [0.1, 0.15) is 45.6 Å². The lowest BCUT2D eigenvalue weighted by Gasteiger charge is -2.35. The molecule has 20 heteroatoms. The van der Waals surface area contributed by atoms with Crippen LogP contribution in [0.4, 0.5) is 10.0 Å². The van der Waals surface area contributed by atoms with E-state index >= 15 is 0 Å². The topological polar surface area (TPSA) is 233 Å². The third-order valence-electron chi connectivity index (χ3n) is 14.2. The van der Waals surface area contributed by atoms with Crippen LogP contribution in [-0.2, 0) is 28.8 Å². The van der Waals surface area contributed by atoms with Gasteiger partial charge in [0, 0.05) is 47.3 Å². The van der Waals surface area contributed by atoms with Crippen molar-refractivity contribution in [1.29, 1.82) is 0 Å². The molecule has 4 aliphatic rings. The molecule has 4 fully saturated rings. The summed E-state index contributed by atoms with van der Waals surface area (Å²) in [6.45, 7) is 4.56. The fourth-order valence-corrected chi connectivity index (χ4v) is 11.2. The minimum atomic E-state index is -0.614. The van der Waals surface area contributed by atoms with Crippen LogP contribution in [0.1, 0.15) is 104 Å². The number of aromatic nitrogens is 4. The number of benzene rings is 2. The van der Waals surface area contributed by atoms with E-state index in [0.29, 0.717) is 47.3 Å². The molecule has 4 heterocycles. The molecule has 0 bridgehead atoms. The molecule has 2 aromatic carbocycles. The van der Waals surface area contributed by atoms with Crippen molar-refractivity contribution in [2.75, 3.05) is 37.8 Å². The van der Waals surface area contributed by atoms with Crippen LogP contribution in [0.5, 0.6) is 0 Å². The lowest BCUT2D eigenvalue weighted by Crippen LogP contribution is -2.57. The zero-order chi connectivity index (χ0) is 49.6. The summed E-state index contributed by atoms with van der Waals surface area (Å²) in [7, 11) is 3.45. The van der Waals surface area contributed by atoms with Crippen molar-refractivity contribution in [1.82, 2.24) is 50.2 Å². The number of rotatable bonds is 16. The van der Waals surface area contributed by atoms with Gasteiger partial charge in [-0.1, -0.05) is 108 Å². The first-order valence-electron chi connectivity index (χ1n) is 24.9. The number of carbonyl (C=O) groups is 6. The predicted octanol–water partition coefficient (Wildman–Crippen LogP) is 5.62. The maximum atomic E-state index is 13.8. The van der Waals surface area contributed by atoms with Crippen molar-refractivity contribution in [3.05, 3.63) is 60.7 Å². The van der Waals surface area contributed by atoms with Gasteiger partial charge in [-0.3, -0.25) is 28.8 Å². The highest BCUT2D eigenvalue weighted by Gasteiger charge is 2.43. The van der Waals surface area contributed by atoms with Gasteiger partial charge in [0.2, 0.25) is 35.4 Å². The van der Waals surface area contributed by atoms with E-state index in [1.165, 1.54) is 0 Å². The lowest BCUT2D eigenvalue weighted by atomic mass is 9.83. The Balaban J connectivity index is 0.000000206. The summed E-state index contributed by atoms with van der Waals surface area (Å²) in [5, 5.41) is 27.3. The van der Waals surface area contributed by atoms with Crippen LogP contribution >= 0.6 is 23.1 Å². The third kappa shape index (κ3) is 13.0. The Kier molecular flexibility index (Phi) is 18.9. The number of likely N-dealkylation sites (N-methyl/N-ethyl adjacent to an activating group) is 2. The highest BCUT2D eigenvalue weighted by atomic mass is 32.1. The van der Waals surface area contributed by atoms with E-state index in [4.69, 9.17) is 0 Å². The van der Waals surface area contributed by atoms with Gasteiger partial charge < -0.3 is 41.7 Å². The van der Waals surface area contributed by atoms with Crippen molar-refractivity contribution >= 4 is 68.5 Å². The first kappa shape index (κ1) is 52.1. The molecule has 6 N–H and O–H groups in total. The second kappa shape index (κ2) is 25.4. The minimum absolute atomic E-state index is 0.0870. The second-order valence-electron chi connectivity index (χ2n) is 18.8. The zero-order valence-corrected chi connectivity index (χ0v) is 42.3. The molecule has 0 radical (unpaired) electrons. The summed E-state index contributed by atoms with van der Waals surface area (Å²) < 4.78 is 8.04. The average molecular weight is 997 g/mol. The van der Waals surface area contributed by atoms with Crippen LogP contribution in [-0.4, -0.2) is 128 Å². The smallest absolute Gasteiger partial charge is 0.247 e. The lowest BCUT2D eigenvalue weighted by molar-refractivity contribution is -0.142. The van der Waals surface area contributed by atoms with Crippen LogP contribution in [0.25, 0.3) is 22.5 Å². The maximum absolute atomic E-state index is 13.8. The van der Waals surface area contributed by atoms with Crippen LogP contribution < -0.4 is 31.9 Å². The average Bonchev–Trinajstić information content (AvgIpc) is 4.26. The number of nitrogens with zero attached hydrogens (tertiary/aromatic N) is 6. The minimum Gasteiger partial charge on any atom is -0.343 e. The van der Waals surface area contributed by atoms with Gasteiger partial charge in [0.25, 0.3) is 0 Å². The molecule has 0 unspecified atom stereocenters. The fraction of sp³-hybridized carbons (Fsp3) is 0.560. The van der Waals surface area contributed by atoms with Crippen molar-refractivity contribution < 1.29 is 28.8 Å². The molecular weight excluding hydrogens is 929 g/mol. The molecule has 6 amide bonds. The molecule has 6 atom stereocenters. The summed E-state index contributed by atoms with van der Waals surface area (Å²) >= 11 is 2.25. The number of hydrogen-bond acceptors (Lipinski definition) is 14. The number of amides is 6. The second-order valence-corrected chi connectivity index (χ2v) is 20.3. The van der Waals surface area contributed by atoms with Crippen molar-refractivity contribution in [2.45, 2.75) is 140 Å². The Morgan fingerprint density at radius 3 is 1.26 bits per heavy atom. The van der Waals surface area contributed by atoms with Crippen molar-refractivity contribution in [2.24, 2.45) is 11.8 Å². The SMILES string of the molecule is CN[C@@H](C)C(=O)N[C@H](C(=O)N1CCC[C@H]1C(=O)Nc1snnc1-c1ccccc1)C1CCCCC1.CN[C@@H](C)C(=O)N[C@H](C(=O)N1CCC[C@H]1C(=O)Nc1snnc1-c1ccccc1)C1CCCCC1. The Morgan fingerprint density at radius 1 is 0.529 bits per heavy atom. The zero-order valence-electron chi connectivity index (χ0n) is 40.7. The number of nitrogens with one attached hydrogen (secondary N) is 6. The van der Waals surface area contributed by atoms with E-state index in [0.717, 1.165) is 111 Å². The van der Waals surface area contributed by atoms with E-state index in [9.17, 15) is 28.8 Å². The molecule has 2 aromatic heterocycles. The quantitative estimate of drug-likeness (QED) is 0.0804. The number of hydrogen-bond donors (Lipinski definition) is 6. The van der Waals surface area contributed by atoms with Crippen LogP contribution in [0.3, 0.4) is 0 Å². The van der Waals surface area contributed by atoms with Gasteiger partial charge in [-0.05, 0) is 91.1 Å². The summed E-state index contributed by atoms with van der Waals surface area (Å²) in [4.78, 5) is 83.0. The van der Waals surface area contributed by atoms with Crippen LogP contribution in [0.15, 0.2) is 60.7 Å². The summed E-state index contributed by atoms with van der Waals surface area (Å²) in [5.74, 6) is -1.01. The molecule has 376 valence electrons. The van der Waals surface area contributed by atoms with Gasteiger partial charge >= 0.3 is 0 Å². The number of likely N-dealkylation sites (tertiary alicyclic amines) is 2. The Bertz CT molecular complexity index is 2210. The molecular formula is C50H68N12O6S2. The molecule has 2 aliphatic carbocycles. The van der Waals surface area contributed by atoms with E-state index in [-0.39, 0.29) is 47.3 Å². The van der Waals surface area contributed by atoms with Crippen molar-refractivity contribution in [3.63, 3.8) is 0 Å². The molecule has 18 nitrogen and oxygen atoms in total. The molecule has 4 aromatic rings. The van der Waals surface area contributed by atoms with E-state index in [1.54, 1.807) is 37.7 Å². The Morgan fingerprint density at radius 2 is 0.900 bits per heavy atom. The van der Waals surface area contributed by atoms with Gasteiger partial charge in [-0.2, -0.15) is 0 Å². The summed E-state index contributed by atoms with van der Waals surface area (Å²) in [6, 6.07) is 15.9. The van der Waals surface area contributed by atoms with Gasteiger partial charge in [0.05, 0.1) is 12.1 Å². The van der Waals surface area contributed by atoms with E-state index in [1.807, 2.05) is 60.7 Å². The highest BCUT2D eigenvalue weighted by molar-refractivity contribution is 7.11. The molecule has 70 heavy (non-hydrogen) atoms. The molecule has 2 aliphatic heterocycles.